The number of Topliss-reactive ketones (excluding diaryl/α,β-unsaturated/α-hetero) is 1. The van der Waals surface area contributed by atoms with Gasteiger partial charge < -0.3 is 10.1 Å². The summed E-state index contributed by atoms with van der Waals surface area (Å²) in [5.41, 5.74) is 2.66. The van der Waals surface area contributed by atoms with Crippen LogP contribution in [0.1, 0.15) is 35.6 Å². The molecule has 1 heterocycles. The largest absolute Gasteiger partial charge is 0.495 e. The number of carbonyl (C=O) groups is 2. The topological polar surface area (TPSA) is 86.1 Å². The molecule has 2 aromatic carbocycles. The van der Waals surface area contributed by atoms with E-state index in [1.807, 2.05) is 53.1 Å². The minimum absolute atomic E-state index is 0.0297. The number of nitrogens with zero attached hydrogens (tertiary/aromatic N) is 3. The molecule has 0 unspecified atom stereocenters. The summed E-state index contributed by atoms with van der Waals surface area (Å²) >= 11 is 1.33. The lowest BCUT2D eigenvalue weighted by Crippen LogP contribution is -2.23. The Morgan fingerprint density at radius 2 is 1.84 bits per heavy atom. The van der Waals surface area contributed by atoms with Gasteiger partial charge in [0.2, 0.25) is 5.91 Å². The molecule has 3 aromatic rings. The lowest BCUT2D eigenvalue weighted by Gasteiger charge is -2.13. The van der Waals surface area contributed by atoms with Crippen LogP contribution in [-0.2, 0) is 17.6 Å². The number of rotatable bonds is 10. The minimum atomic E-state index is -0.0994. The van der Waals surface area contributed by atoms with Crippen molar-refractivity contribution in [2.75, 3.05) is 19.4 Å². The van der Waals surface area contributed by atoms with Gasteiger partial charge in [-0.25, -0.2) is 0 Å². The van der Waals surface area contributed by atoms with Crippen molar-refractivity contribution in [1.82, 2.24) is 20.1 Å². The normalized spacial score (nSPS) is 10.7. The Hall–Kier alpha value is -3.13. The quantitative estimate of drug-likeness (QED) is 0.385. The summed E-state index contributed by atoms with van der Waals surface area (Å²) in [4.78, 5) is 23.9. The maximum atomic E-state index is 12.7. The SMILES string of the molecule is CCc1ccc(C(=O)CSc2nnc(CCNC(C)=O)n2-c2ccccc2OC)cc1. The van der Waals surface area contributed by atoms with Crippen LogP contribution in [0.2, 0.25) is 0 Å². The molecule has 0 bridgehead atoms. The van der Waals surface area contributed by atoms with E-state index in [2.05, 4.69) is 22.4 Å². The lowest BCUT2D eigenvalue weighted by molar-refractivity contribution is -0.118. The molecule has 0 spiro atoms. The molecule has 31 heavy (non-hydrogen) atoms. The highest BCUT2D eigenvalue weighted by atomic mass is 32.2. The van der Waals surface area contributed by atoms with Gasteiger partial charge in [0.25, 0.3) is 0 Å². The zero-order chi connectivity index (χ0) is 22.2. The monoisotopic (exact) mass is 438 g/mol. The number of ketones is 1. The summed E-state index contributed by atoms with van der Waals surface area (Å²) in [5.74, 6) is 1.52. The summed E-state index contributed by atoms with van der Waals surface area (Å²) < 4.78 is 7.40. The fourth-order valence-electron chi connectivity index (χ4n) is 3.10. The Morgan fingerprint density at radius 1 is 1.10 bits per heavy atom. The highest BCUT2D eigenvalue weighted by Crippen LogP contribution is 2.29. The Labute approximate surface area is 186 Å². The minimum Gasteiger partial charge on any atom is -0.495 e. The summed E-state index contributed by atoms with van der Waals surface area (Å²) in [7, 11) is 1.61. The lowest BCUT2D eigenvalue weighted by atomic mass is 10.1. The van der Waals surface area contributed by atoms with E-state index in [1.54, 1.807) is 7.11 Å². The number of para-hydroxylation sites is 2. The van der Waals surface area contributed by atoms with Gasteiger partial charge in [-0.2, -0.15) is 0 Å². The van der Waals surface area contributed by atoms with E-state index in [0.717, 1.165) is 12.1 Å². The Kier molecular flexibility index (Phi) is 7.83. The zero-order valence-electron chi connectivity index (χ0n) is 17.9. The van der Waals surface area contributed by atoms with Gasteiger partial charge in [-0.3, -0.25) is 14.2 Å². The highest BCUT2D eigenvalue weighted by molar-refractivity contribution is 7.99. The molecule has 1 N–H and O–H groups in total. The molecule has 0 saturated carbocycles. The molecule has 3 rings (SSSR count). The van der Waals surface area contributed by atoms with Crippen molar-refractivity contribution in [3.05, 3.63) is 65.5 Å². The van der Waals surface area contributed by atoms with E-state index in [1.165, 1.54) is 24.2 Å². The van der Waals surface area contributed by atoms with Gasteiger partial charge in [0.1, 0.15) is 11.6 Å². The first-order valence-electron chi connectivity index (χ1n) is 10.1. The summed E-state index contributed by atoms with van der Waals surface area (Å²) in [5, 5.41) is 12.0. The second-order valence-electron chi connectivity index (χ2n) is 6.90. The summed E-state index contributed by atoms with van der Waals surface area (Å²) in [6.45, 7) is 4.00. The molecule has 0 saturated heterocycles. The molecule has 7 nitrogen and oxygen atoms in total. The second kappa shape index (κ2) is 10.8. The van der Waals surface area contributed by atoms with Gasteiger partial charge in [0.15, 0.2) is 10.9 Å². The number of hydrogen-bond donors (Lipinski definition) is 1. The number of methoxy groups -OCH3 is 1. The highest BCUT2D eigenvalue weighted by Gasteiger charge is 2.19. The average molecular weight is 439 g/mol. The van der Waals surface area contributed by atoms with Crippen molar-refractivity contribution in [3.63, 3.8) is 0 Å². The zero-order valence-corrected chi connectivity index (χ0v) is 18.7. The smallest absolute Gasteiger partial charge is 0.216 e. The molecule has 0 fully saturated rings. The van der Waals surface area contributed by atoms with Crippen LogP contribution in [0, 0.1) is 0 Å². The van der Waals surface area contributed by atoms with Crippen LogP contribution in [0.5, 0.6) is 5.75 Å². The standard InChI is InChI=1S/C23H26N4O3S/c1-4-17-9-11-18(12-10-17)20(29)15-31-23-26-25-22(13-14-24-16(2)28)27(23)19-7-5-6-8-21(19)30-3/h5-12H,4,13-15H2,1-3H3,(H,24,28). The molecular weight excluding hydrogens is 412 g/mol. The van der Waals surface area contributed by atoms with Gasteiger partial charge in [-0.1, -0.05) is 55.1 Å². The number of benzene rings is 2. The average Bonchev–Trinajstić information content (AvgIpc) is 3.19. The van der Waals surface area contributed by atoms with Crippen molar-refractivity contribution in [2.45, 2.75) is 31.8 Å². The van der Waals surface area contributed by atoms with Gasteiger partial charge >= 0.3 is 0 Å². The van der Waals surface area contributed by atoms with Gasteiger partial charge in [0.05, 0.1) is 18.6 Å². The van der Waals surface area contributed by atoms with E-state index >= 15 is 0 Å². The molecule has 1 amide bonds. The predicted molar refractivity (Wildman–Crippen MR) is 121 cm³/mol. The number of amides is 1. The van der Waals surface area contributed by atoms with Crippen molar-refractivity contribution in [1.29, 1.82) is 0 Å². The first-order chi connectivity index (χ1) is 15.0. The first-order valence-corrected chi connectivity index (χ1v) is 11.1. The number of hydrogen-bond acceptors (Lipinski definition) is 6. The Balaban J connectivity index is 1.84. The van der Waals surface area contributed by atoms with Crippen LogP contribution in [-0.4, -0.2) is 45.9 Å². The van der Waals surface area contributed by atoms with Gasteiger partial charge in [-0.15, -0.1) is 10.2 Å². The fourth-order valence-corrected chi connectivity index (χ4v) is 3.96. The third-order valence-corrected chi connectivity index (χ3v) is 5.69. The van der Waals surface area contributed by atoms with E-state index in [4.69, 9.17) is 4.74 Å². The van der Waals surface area contributed by atoms with Gasteiger partial charge in [-0.05, 0) is 24.1 Å². The number of carbonyl (C=O) groups excluding carboxylic acids is 2. The fraction of sp³-hybridized carbons (Fsp3) is 0.304. The van der Waals surface area contributed by atoms with Crippen LogP contribution in [0.25, 0.3) is 5.69 Å². The van der Waals surface area contributed by atoms with Crippen LogP contribution in [0.15, 0.2) is 53.7 Å². The number of aromatic nitrogens is 3. The first kappa shape index (κ1) is 22.6. The van der Waals surface area contributed by atoms with Crippen molar-refractivity contribution < 1.29 is 14.3 Å². The van der Waals surface area contributed by atoms with Crippen LogP contribution >= 0.6 is 11.8 Å². The molecule has 162 valence electrons. The van der Waals surface area contributed by atoms with E-state index in [-0.39, 0.29) is 17.4 Å². The number of nitrogens with one attached hydrogen (secondary N) is 1. The second-order valence-corrected chi connectivity index (χ2v) is 7.84. The van der Waals surface area contributed by atoms with Crippen LogP contribution in [0.4, 0.5) is 0 Å². The number of thioether (sulfide) groups is 1. The summed E-state index contributed by atoms with van der Waals surface area (Å²) in [6, 6.07) is 15.3. The van der Waals surface area contributed by atoms with Crippen molar-refractivity contribution in [3.8, 4) is 11.4 Å². The third kappa shape index (κ3) is 5.73. The molecule has 0 aliphatic rings. The van der Waals surface area contributed by atoms with E-state index in [0.29, 0.717) is 35.3 Å². The molecule has 0 atom stereocenters. The molecule has 0 radical (unpaired) electrons. The van der Waals surface area contributed by atoms with Crippen LogP contribution in [0.3, 0.4) is 0 Å². The number of ether oxygens (including phenoxy) is 1. The maximum absolute atomic E-state index is 12.7. The number of aryl methyl sites for hydroxylation is 1. The van der Waals surface area contributed by atoms with E-state index < -0.39 is 0 Å². The molecular formula is C23H26N4O3S. The van der Waals surface area contributed by atoms with E-state index in [9.17, 15) is 9.59 Å². The maximum Gasteiger partial charge on any atom is 0.216 e. The van der Waals surface area contributed by atoms with Crippen molar-refractivity contribution >= 4 is 23.5 Å². The predicted octanol–water partition coefficient (Wildman–Crippen LogP) is 3.49. The van der Waals surface area contributed by atoms with Crippen molar-refractivity contribution in [2.24, 2.45) is 0 Å². The Morgan fingerprint density at radius 3 is 2.52 bits per heavy atom. The molecule has 0 aliphatic carbocycles. The summed E-state index contributed by atoms with van der Waals surface area (Å²) in [6.07, 6.45) is 1.43. The molecule has 8 heteroatoms. The Bertz CT molecular complexity index is 1050. The van der Waals surface area contributed by atoms with Crippen LogP contribution < -0.4 is 10.1 Å². The molecule has 0 aliphatic heterocycles. The molecule has 1 aromatic heterocycles. The third-order valence-electron chi connectivity index (χ3n) is 4.77. The van der Waals surface area contributed by atoms with Gasteiger partial charge in [0, 0.05) is 25.5 Å².